The fourth-order valence-electron chi connectivity index (χ4n) is 3.54. The molecule has 0 unspecified atom stereocenters. The maximum atomic E-state index is 14.0. The van der Waals surface area contributed by atoms with Crippen LogP contribution in [0, 0.1) is 5.82 Å². The fraction of sp³-hybridized carbons (Fsp3) is 0.217. The smallest absolute Gasteiger partial charge is 0.335 e. The first kappa shape index (κ1) is 22.0. The van der Waals surface area contributed by atoms with Gasteiger partial charge in [-0.05, 0) is 36.4 Å². The molecule has 3 aromatic rings. The Balaban J connectivity index is 1.40. The van der Waals surface area contributed by atoms with E-state index in [1.807, 2.05) is 0 Å². The van der Waals surface area contributed by atoms with Gasteiger partial charge in [0.05, 0.1) is 10.4 Å². The number of amides is 2. The lowest BCUT2D eigenvalue weighted by Crippen LogP contribution is -2.50. The van der Waals surface area contributed by atoms with Gasteiger partial charge in [0.25, 0.3) is 11.8 Å². The average molecular weight is 462 g/mol. The molecule has 1 fully saturated rings. The molecule has 0 bridgehead atoms. The minimum atomic E-state index is -4.52. The Morgan fingerprint density at radius 2 is 1.47 bits per heavy atom. The lowest BCUT2D eigenvalue weighted by molar-refractivity contribution is -0.137. The second-order valence-electron chi connectivity index (χ2n) is 7.31. The zero-order valence-corrected chi connectivity index (χ0v) is 17.5. The number of halogens is 4. The molecule has 0 saturated carbocycles. The highest BCUT2D eigenvalue weighted by Gasteiger charge is 2.32. The number of nitrogens with zero attached hydrogens (tertiary/aromatic N) is 2. The summed E-state index contributed by atoms with van der Waals surface area (Å²) in [6, 6.07) is 14.0. The third-order valence-corrected chi connectivity index (χ3v) is 6.35. The summed E-state index contributed by atoms with van der Waals surface area (Å²) in [6.45, 7) is 0.950. The Kier molecular flexibility index (Phi) is 6.01. The average Bonchev–Trinajstić information content (AvgIpc) is 3.28. The van der Waals surface area contributed by atoms with Crippen molar-refractivity contribution in [2.75, 3.05) is 26.2 Å². The number of hydrogen-bond donors (Lipinski definition) is 0. The minimum Gasteiger partial charge on any atom is -0.335 e. The van der Waals surface area contributed by atoms with Crippen molar-refractivity contribution in [2.45, 2.75) is 6.18 Å². The van der Waals surface area contributed by atoms with Crippen molar-refractivity contribution in [3.05, 3.63) is 82.5 Å². The summed E-state index contributed by atoms with van der Waals surface area (Å²) in [5.41, 5.74) is -0.485. The summed E-state index contributed by atoms with van der Waals surface area (Å²) in [5, 5.41) is 0. The van der Waals surface area contributed by atoms with Crippen molar-refractivity contribution in [1.29, 1.82) is 0 Å². The van der Waals surface area contributed by atoms with E-state index in [4.69, 9.17) is 0 Å². The second kappa shape index (κ2) is 8.74. The van der Waals surface area contributed by atoms with Gasteiger partial charge < -0.3 is 9.80 Å². The van der Waals surface area contributed by atoms with Gasteiger partial charge in [0.2, 0.25) is 0 Å². The Bertz CT molecular complexity index is 1150. The molecule has 4 rings (SSSR count). The molecular formula is C23H18F4N2O2S. The third-order valence-electron chi connectivity index (χ3n) is 5.25. The molecule has 2 heterocycles. The summed E-state index contributed by atoms with van der Waals surface area (Å²) in [5.74, 6) is -1.08. The lowest BCUT2D eigenvalue weighted by atomic mass is 10.1. The van der Waals surface area contributed by atoms with Crippen LogP contribution < -0.4 is 0 Å². The largest absolute Gasteiger partial charge is 0.416 e. The summed E-state index contributed by atoms with van der Waals surface area (Å²) in [7, 11) is 0. The summed E-state index contributed by atoms with van der Waals surface area (Å²) in [6.07, 6.45) is -4.52. The van der Waals surface area contributed by atoms with Crippen LogP contribution in [0.4, 0.5) is 17.6 Å². The van der Waals surface area contributed by atoms with Crippen molar-refractivity contribution in [2.24, 2.45) is 0 Å². The molecule has 0 N–H and O–H groups in total. The van der Waals surface area contributed by atoms with Crippen LogP contribution in [-0.2, 0) is 6.18 Å². The van der Waals surface area contributed by atoms with Gasteiger partial charge in [-0.25, -0.2) is 4.39 Å². The van der Waals surface area contributed by atoms with E-state index in [-0.39, 0.29) is 43.5 Å². The number of carbonyl (C=O) groups is 2. The predicted octanol–water partition coefficient (Wildman–Crippen LogP) is 5.17. The molecule has 4 nitrogen and oxygen atoms in total. The molecule has 0 aliphatic carbocycles. The molecular weight excluding hydrogens is 444 g/mol. The summed E-state index contributed by atoms with van der Waals surface area (Å²) in [4.78, 5) is 29.6. The third kappa shape index (κ3) is 4.52. The van der Waals surface area contributed by atoms with Crippen LogP contribution in [0.3, 0.4) is 0 Å². The topological polar surface area (TPSA) is 40.6 Å². The first-order valence-electron chi connectivity index (χ1n) is 9.84. The van der Waals surface area contributed by atoms with E-state index in [0.717, 1.165) is 12.1 Å². The van der Waals surface area contributed by atoms with Crippen molar-refractivity contribution in [1.82, 2.24) is 9.80 Å². The van der Waals surface area contributed by atoms with Crippen LogP contribution in [0.5, 0.6) is 0 Å². The summed E-state index contributed by atoms with van der Waals surface area (Å²) >= 11 is 1.19. The highest BCUT2D eigenvalue weighted by Crippen LogP contribution is 2.31. The van der Waals surface area contributed by atoms with Gasteiger partial charge >= 0.3 is 6.18 Å². The normalized spacial score (nSPS) is 14.5. The molecule has 2 amide bonds. The van der Waals surface area contributed by atoms with Crippen molar-refractivity contribution < 1.29 is 27.2 Å². The molecule has 1 saturated heterocycles. The molecule has 1 aliphatic rings. The van der Waals surface area contributed by atoms with Gasteiger partial charge in [-0.15, -0.1) is 11.3 Å². The molecule has 0 radical (unpaired) electrons. The first-order chi connectivity index (χ1) is 15.2. The van der Waals surface area contributed by atoms with Gasteiger partial charge in [-0.3, -0.25) is 9.59 Å². The number of piperazine rings is 1. The highest BCUT2D eigenvalue weighted by atomic mass is 32.1. The van der Waals surface area contributed by atoms with Gasteiger partial charge in [0, 0.05) is 42.2 Å². The fourth-order valence-corrected chi connectivity index (χ4v) is 4.54. The maximum absolute atomic E-state index is 14.0. The summed E-state index contributed by atoms with van der Waals surface area (Å²) < 4.78 is 52.8. The van der Waals surface area contributed by atoms with Crippen molar-refractivity contribution >= 4 is 23.2 Å². The SMILES string of the molecule is O=C(c1cccc(C(F)(F)F)c1)N1CCN(C(=O)c2ccc(-c3ccccc3F)s2)CC1. The first-order valence-corrected chi connectivity index (χ1v) is 10.7. The van der Waals surface area contributed by atoms with E-state index in [1.165, 1.54) is 34.4 Å². The van der Waals surface area contributed by atoms with Crippen LogP contribution in [0.2, 0.25) is 0 Å². The quantitative estimate of drug-likeness (QED) is 0.504. The van der Waals surface area contributed by atoms with E-state index >= 15 is 0 Å². The molecule has 0 atom stereocenters. The highest BCUT2D eigenvalue weighted by molar-refractivity contribution is 7.17. The molecule has 1 aliphatic heterocycles. The molecule has 32 heavy (non-hydrogen) atoms. The zero-order chi connectivity index (χ0) is 22.9. The van der Waals surface area contributed by atoms with Gasteiger partial charge in [-0.1, -0.05) is 24.3 Å². The van der Waals surface area contributed by atoms with Gasteiger partial charge in [0.15, 0.2) is 0 Å². The zero-order valence-electron chi connectivity index (χ0n) is 16.7. The number of benzene rings is 2. The molecule has 9 heteroatoms. The Hall–Kier alpha value is -3.20. The number of rotatable bonds is 3. The van der Waals surface area contributed by atoms with E-state index in [2.05, 4.69) is 0 Å². The number of hydrogen-bond acceptors (Lipinski definition) is 3. The number of alkyl halides is 3. The molecule has 166 valence electrons. The lowest BCUT2D eigenvalue weighted by Gasteiger charge is -2.34. The Morgan fingerprint density at radius 1 is 0.812 bits per heavy atom. The van der Waals surface area contributed by atoms with Crippen LogP contribution in [0.25, 0.3) is 10.4 Å². The number of carbonyl (C=O) groups excluding carboxylic acids is 2. The monoisotopic (exact) mass is 462 g/mol. The molecule has 0 spiro atoms. The van der Waals surface area contributed by atoms with Gasteiger partial charge in [-0.2, -0.15) is 13.2 Å². The van der Waals surface area contributed by atoms with Crippen LogP contribution >= 0.6 is 11.3 Å². The standard InChI is InChI=1S/C23H18F4N2O2S/c24-18-7-2-1-6-17(18)19-8-9-20(32-19)22(31)29-12-10-28(11-13-29)21(30)15-4-3-5-16(14-15)23(25,26)27/h1-9,14H,10-13H2. The molecule has 1 aromatic heterocycles. The number of thiophene rings is 1. The van der Waals surface area contributed by atoms with E-state index < -0.39 is 17.6 Å². The second-order valence-corrected chi connectivity index (χ2v) is 8.39. The molecule has 2 aromatic carbocycles. The van der Waals surface area contributed by atoms with Crippen molar-refractivity contribution in [3.63, 3.8) is 0 Å². The van der Waals surface area contributed by atoms with Crippen LogP contribution in [0.15, 0.2) is 60.7 Å². The maximum Gasteiger partial charge on any atom is 0.416 e. The van der Waals surface area contributed by atoms with E-state index in [9.17, 15) is 27.2 Å². The predicted molar refractivity (Wildman–Crippen MR) is 113 cm³/mol. The van der Waals surface area contributed by atoms with Crippen LogP contribution in [0.1, 0.15) is 25.6 Å². The van der Waals surface area contributed by atoms with Gasteiger partial charge in [0.1, 0.15) is 5.82 Å². The van der Waals surface area contributed by atoms with Crippen LogP contribution in [-0.4, -0.2) is 47.8 Å². The van der Waals surface area contributed by atoms with E-state index in [0.29, 0.717) is 15.3 Å². The minimum absolute atomic E-state index is 0.0348. The van der Waals surface area contributed by atoms with E-state index in [1.54, 1.807) is 35.2 Å². The van der Waals surface area contributed by atoms with Crippen molar-refractivity contribution in [3.8, 4) is 10.4 Å². The Morgan fingerprint density at radius 3 is 2.12 bits per heavy atom. The Labute approximate surface area is 185 Å².